The average Bonchev–Trinajstić information content (AvgIpc) is 2.80. The summed E-state index contributed by atoms with van der Waals surface area (Å²) in [7, 11) is 0. The van der Waals surface area contributed by atoms with Crippen molar-refractivity contribution in [1.82, 2.24) is 5.32 Å². The Kier molecular flexibility index (Phi) is 3.91. The Morgan fingerprint density at radius 2 is 1.83 bits per heavy atom. The Labute approximate surface area is 104 Å². The second-order valence-corrected chi connectivity index (χ2v) is 4.55. The molecule has 1 saturated carbocycles. The Morgan fingerprint density at radius 1 is 1.28 bits per heavy atom. The van der Waals surface area contributed by atoms with Crippen molar-refractivity contribution in [3.63, 3.8) is 0 Å². The van der Waals surface area contributed by atoms with Gasteiger partial charge < -0.3 is 5.11 Å². The second kappa shape index (κ2) is 5.44. The topological polar surface area (TPSA) is 49.3 Å². The van der Waals surface area contributed by atoms with Crippen LogP contribution in [0.5, 0.6) is 0 Å². The smallest absolute Gasteiger partial charge is 0.325 e. The molecule has 0 aliphatic heterocycles. The fraction of sp³-hybridized carbons (Fsp3) is 0.462. The molecule has 2 N–H and O–H groups in total. The third kappa shape index (κ3) is 2.67. The summed E-state index contributed by atoms with van der Waals surface area (Å²) in [5.74, 6) is -2.91. The summed E-state index contributed by atoms with van der Waals surface area (Å²) in [6.45, 7) is 0. The van der Waals surface area contributed by atoms with Gasteiger partial charge in [-0.25, -0.2) is 8.78 Å². The summed E-state index contributed by atoms with van der Waals surface area (Å²) in [6.07, 6.45) is 3.73. The van der Waals surface area contributed by atoms with Gasteiger partial charge in [-0.05, 0) is 25.0 Å². The maximum absolute atomic E-state index is 13.6. The molecule has 1 aromatic carbocycles. The minimum absolute atomic E-state index is 0.0186. The molecule has 0 bridgehead atoms. The second-order valence-electron chi connectivity index (χ2n) is 4.55. The molecule has 1 atom stereocenters. The van der Waals surface area contributed by atoms with E-state index in [1.807, 2.05) is 0 Å². The van der Waals surface area contributed by atoms with Gasteiger partial charge in [0.05, 0.1) is 5.56 Å². The number of halogens is 2. The predicted octanol–water partition coefficient (Wildman–Crippen LogP) is 2.62. The highest BCUT2D eigenvalue weighted by Crippen LogP contribution is 2.25. The molecule has 0 amide bonds. The molecule has 1 fully saturated rings. The fourth-order valence-corrected chi connectivity index (χ4v) is 2.39. The molecular weight excluding hydrogens is 240 g/mol. The molecule has 18 heavy (non-hydrogen) atoms. The van der Waals surface area contributed by atoms with E-state index in [-0.39, 0.29) is 6.04 Å². The molecule has 0 radical (unpaired) electrons. The maximum Gasteiger partial charge on any atom is 0.325 e. The van der Waals surface area contributed by atoms with Crippen molar-refractivity contribution >= 4 is 5.97 Å². The third-order valence-electron chi connectivity index (χ3n) is 3.29. The number of nitrogens with one attached hydrogen (secondary N) is 1. The van der Waals surface area contributed by atoms with Gasteiger partial charge in [0.25, 0.3) is 0 Å². The normalized spacial score (nSPS) is 17.9. The Bertz CT molecular complexity index is 424. The molecule has 0 saturated heterocycles. The molecule has 1 aliphatic rings. The summed E-state index contributed by atoms with van der Waals surface area (Å²) in [5, 5.41) is 12.0. The van der Waals surface area contributed by atoms with E-state index in [0.29, 0.717) is 0 Å². The van der Waals surface area contributed by atoms with Crippen LogP contribution in [0.25, 0.3) is 0 Å². The summed E-state index contributed by atoms with van der Waals surface area (Å²) in [5.41, 5.74) is -0.406. The van der Waals surface area contributed by atoms with E-state index in [2.05, 4.69) is 5.32 Å². The zero-order valence-electron chi connectivity index (χ0n) is 9.83. The summed E-state index contributed by atoms with van der Waals surface area (Å²) in [4.78, 5) is 11.2. The van der Waals surface area contributed by atoms with Gasteiger partial charge >= 0.3 is 5.97 Å². The molecule has 0 aromatic heterocycles. The average molecular weight is 255 g/mol. The maximum atomic E-state index is 13.6. The van der Waals surface area contributed by atoms with Gasteiger partial charge in [-0.2, -0.15) is 0 Å². The van der Waals surface area contributed by atoms with Crippen LogP contribution in [0, 0.1) is 11.6 Å². The number of hydrogen-bond donors (Lipinski definition) is 2. The van der Waals surface area contributed by atoms with E-state index >= 15 is 0 Å². The lowest BCUT2D eigenvalue weighted by Gasteiger charge is -2.20. The first kappa shape index (κ1) is 13.0. The molecule has 1 aliphatic carbocycles. The molecule has 98 valence electrons. The molecule has 1 unspecified atom stereocenters. The van der Waals surface area contributed by atoms with Gasteiger partial charge in [0.15, 0.2) is 0 Å². The van der Waals surface area contributed by atoms with E-state index in [4.69, 9.17) is 5.11 Å². The van der Waals surface area contributed by atoms with Crippen molar-refractivity contribution < 1.29 is 18.7 Å². The van der Waals surface area contributed by atoms with Crippen LogP contribution in [-0.4, -0.2) is 17.1 Å². The first-order chi connectivity index (χ1) is 8.59. The lowest BCUT2D eigenvalue weighted by atomic mass is 10.0. The van der Waals surface area contributed by atoms with E-state index in [1.54, 1.807) is 0 Å². The van der Waals surface area contributed by atoms with E-state index in [0.717, 1.165) is 37.8 Å². The van der Waals surface area contributed by atoms with Gasteiger partial charge in [0.1, 0.15) is 17.7 Å². The van der Waals surface area contributed by atoms with Crippen LogP contribution >= 0.6 is 0 Å². The number of hydrogen-bond acceptors (Lipinski definition) is 2. The molecule has 1 aromatic rings. The summed E-state index contributed by atoms with van der Waals surface area (Å²) < 4.78 is 27.2. The van der Waals surface area contributed by atoms with E-state index in [9.17, 15) is 13.6 Å². The lowest BCUT2D eigenvalue weighted by molar-refractivity contribution is -0.140. The van der Waals surface area contributed by atoms with Gasteiger partial charge in [0.2, 0.25) is 0 Å². The lowest BCUT2D eigenvalue weighted by Crippen LogP contribution is -2.36. The zero-order chi connectivity index (χ0) is 13.1. The monoisotopic (exact) mass is 255 g/mol. The highest BCUT2D eigenvalue weighted by Gasteiger charge is 2.29. The van der Waals surface area contributed by atoms with Crippen LogP contribution in [0.2, 0.25) is 0 Å². The first-order valence-corrected chi connectivity index (χ1v) is 6.02. The highest BCUT2D eigenvalue weighted by atomic mass is 19.1. The van der Waals surface area contributed by atoms with Gasteiger partial charge in [-0.15, -0.1) is 0 Å². The molecule has 3 nitrogen and oxygen atoms in total. The number of benzene rings is 1. The predicted molar refractivity (Wildman–Crippen MR) is 62.1 cm³/mol. The van der Waals surface area contributed by atoms with Crippen LogP contribution in [0.4, 0.5) is 8.78 Å². The van der Waals surface area contributed by atoms with Crippen molar-refractivity contribution in [2.75, 3.05) is 0 Å². The Balaban J connectivity index is 2.26. The van der Waals surface area contributed by atoms with Gasteiger partial charge in [-0.3, -0.25) is 10.1 Å². The standard InChI is InChI=1S/C13H15F2NO2/c14-9-6-3-7-10(15)11(9)12(13(17)18)16-8-4-1-2-5-8/h3,6-8,12,16H,1-2,4-5H2,(H,17,18). The van der Waals surface area contributed by atoms with Crippen LogP contribution in [-0.2, 0) is 4.79 Å². The molecule has 0 spiro atoms. The number of carboxylic acid groups (broad SMARTS) is 1. The molecular formula is C13H15F2NO2. The SMILES string of the molecule is O=C(O)C(NC1CCCC1)c1c(F)cccc1F. The van der Waals surface area contributed by atoms with Crippen molar-refractivity contribution in [3.8, 4) is 0 Å². The minimum atomic E-state index is -1.32. The molecule has 5 heteroatoms. The summed E-state index contributed by atoms with van der Waals surface area (Å²) in [6, 6.07) is 2.07. The van der Waals surface area contributed by atoms with E-state index in [1.165, 1.54) is 6.07 Å². The number of carboxylic acids is 1. The molecule has 2 rings (SSSR count). The Morgan fingerprint density at radius 3 is 2.33 bits per heavy atom. The van der Waals surface area contributed by atoms with Crippen molar-refractivity contribution in [3.05, 3.63) is 35.4 Å². The van der Waals surface area contributed by atoms with Gasteiger partial charge in [0, 0.05) is 6.04 Å². The van der Waals surface area contributed by atoms with Crippen LogP contribution in [0.1, 0.15) is 37.3 Å². The van der Waals surface area contributed by atoms with Crippen molar-refractivity contribution in [1.29, 1.82) is 0 Å². The number of carbonyl (C=O) groups is 1. The highest BCUT2D eigenvalue weighted by molar-refractivity contribution is 5.75. The first-order valence-electron chi connectivity index (χ1n) is 6.02. The van der Waals surface area contributed by atoms with E-state index < -0.39 is 29.2 Å². The minimum Gasteiger partial charge on any atom is -0.480 e. The van der Waals surface area contributed by atoms with Crippen molar-refractivity contribution in [2.45, 2.75) is 37.8 Å². The third-order valence-corrected chi connectivity index (χ3v) is 3.29. The zero-order valence-corrected chi connectivity index (χ0v) is 9.83. The summed E-state index contributed by atoms with van der Waals surface area (Å²) >= 11 is 0. The van der Waals surface area contributed by atoms with Crippen LogP contribution < -0.4 is 5.32 Å². The fourth-order valence-electron chi connectivity index (χ4n) is 2.39. The Hall–Kier alpha value is -1.49. The number of aliphatic carboxylic acids is 1. The van der Waals surface area contributed by atoms with Gasteiger partial charge in [-0.1, -0.05) is 18.9 Å². The largest absolute Gasteiger partial charge is 0.480 e. The van der Waals surface area contributed by atoms with Crippen LogP contribution in [0.3, 0.4) is 0 Å². The quantitative estimate of drug-likeness (QED) is 0.869. The van der Waals surface area contributed by atoms with Crippen molar-refractivity contribution in [2.24, 2.45) is 0 Å². The van der Waals surface area contributed by atoms with Crippen LogP contribution in [0.15, 0.2) is 18.2 Å². The molecule has 0 heterocycles. The number of rotatable bonds is 4.